The second kappa shape index (κ2) is 7.31. The number of carbonyl (C=O) groups is 1. The molecule has 0 unspecified atom stereocenters. The minimum absolute atomic E-state index is 0.109. The van der Waals surface area contributed by atoms with E-state index in [4.69, 9.17) is 13.6 Å². The molecule has 0 aliphatic heterocycles. The first kappa shape index (κ1) is 18.6. The van der Waals surface area contributed by atoms with Gasteiger partial charge in [0.1, 0.15) is 35.4 Å². The molecule has 0 N–H and O–H groups in total. The number of hydrogen-bond acceptors (Lipinski definition) is 6. The lowest BCUT2D eigenvalue weighted by atomic mass is 10.0. The third kappa shape index (κ3) is 3.52. The van der Waals surface area contributed by atoms with Crippen molar-refractivity contribution in [2.75, 3.05) is 0 Å². The van der Waals surface area contributed by atoms with E-state index in [9.17, 15) is 14.7 Å². The van der Waals surface area contributed by atoms with Gasteiger partial charge in [-0.2, -0.15) is 0 Å². The summed E-state index contributed by atoms with van der Waals surface area (Å²) in [5.74, 6) is -0.645. The maximum Gasteiger partial charge on any atom is 0.336 e. The number of carboxylic acid groups (broad SMARTS) is 1. The van der Waals surface area contributed by atoms with E-state index in [1.54, 1.807) is 13.0 Å². The van der Waals surface area contributed by atoms with Crippen LogP contribution in [0.1, 0.15) is 27.4 Å². The zero-order chi connectivity index (χ0) is 20.5. The lowest BCUT2D eigenvalue weighted by Gasteiger charge is -2.12. The topological polar surface area (TPSA) is 92.7 Å². The van der Waals surface area contributed by atoms with E-state index in [2.05, 4.69) is 0 Å². The summed E-state index contributed by atoms with van der Waals surface area (Å²) in [6, 6.07) is 16.1. The van der Waals surface area contributed by atoms with E-state index in [1.165, 1.54) is 12.1 Å². The quantitative estimate of drug-likeness (QED) is 0.484. The van der Waals surface area contributed by atoms with Crippen molar-refractivity contribution >= 4 is 16.9 Å². The maximum absolute atomic E-state index is 12.2. The number of hydrogen-bond donors (Lipinski definition) is 0. The second-order valence-corrected chi connectivity index (χ2v) is 6.68. The molecule has 0 spiro atoms. The van der Waals surface area contributed by atoms with Crippen LogP contribution in [-0.2, 0) is 6.61 Å². The Bertz CT molecular complexity index is 1260. The Morgan fingerprint density at radius 1 is 1.03 bits per heavy atom. The van der Waals surface area contributed by atoms with E-state index in [0.29, 0.717) is 28.2 Å². The summed E-state index contributed by atoms with van der Waals surface area (Å²) < 4.78 is 16.5. The third-order valence-electron chi connectivity index (χ3n) is 4.80. The molecule has 4 rings (SSSR count). The van der Waals surface area contributed by atoms with E-state index >= 15 is 0 Å². The molecule has 0 radical (unpaired) electrons. The van der Waals surface area contributed by atoms with Gasteiger partial charge in [0.2, 0.25) is 0 Å². The summed E-state index contributed by atoms with van der Waals surface area (Å²) in [5.41, 5.74) is 2.99. The van der Waals surface area contributed by atoms with Crippen LogP contribution in [0, 0.1) is 13.8 Å². The Labute approximate surface area is 166 Å². The fourth-order valence-corrected chi connectivity index (χ4v) is 3.28. The van der Waals surface area contributed by atoms with Crippen molar-refractivity contribution in [3.05, 3.63) is 87.7 Å². The first-order valence-corrected chi connectivity index (χ1v) is 9.00. The molecule has 0 aliphatic carbocycles. The monoisotopic (exact) mass is 389 g/mol. The lowest BCUT2D eigenvalue weighted by Crippen LogP contribution is -2.21. The number of ether oxygens (including phenoxy) is 1. The summed E-state index contributed by atoms with van der Waals surface area (Å²) in [6.45, 7) is 3.57. The number of aromatic carboxylic acids is 1. The van der Waals surface area contributed by atoms with Crippen LogP contribution in [0.3, 0.4) is 0 Å². The van der Waals surface area contributed by atoms with Crippen molar-refractivity contribution in [3.63, 3.8) is 0 Å². The Morgan fingerprint density at radius 2 is 1.79 bits per heavy atom. The van der Waals surface area contributed by atoms with Gasteiger partial charge in [-0.25, -0.2) is 4.79 Å². The van der Waals surface area contributed by atoms with Gasteiger partial charge in [0.05, 0.1) is 0 Å². The molecule has 0 atom stereocenters. The molecule has 6 heteroatoms. The molecule has 2 heterocycles. The minimum atomic E-state index is -1.38. The molecule has 2 aromatic carbocycles. The van der Waals surface area contributed by atoms with Gasteiger partial charge in [-0.05, 0) is 43.2 Å². The smallest absolute Gasteiger partial charge is 0.336 e. The van der Waals surface area contributed by atoms with E-state index in [1.807, 2.05) is 43.3 Å². The highest BCUT2D eigenvalue weighted by molar-refractivity contribution is 5.95. The van der Waals surface area contributed by atoms with Crippen LogP contribution in [0.15, 0.2) is 68.2 Å². The molecule has 0 bridgehead atoms. The van der Waals surface area contributed by atoms with Crippen molar-refractivity contribution < 1.29 is 23.5 Å². The van der Waals surface area contributed by atoms with Crippen molar-refractivity contribution in [2.24, 2.45) is 0 Å². The maximum atomic E-state index is 12.2. The largest absolute Gasteiger partial charge is 0.542 e. The van der Waals surface area contributed by atoms with Gasteiger partial charge in [0.15, 0.2) is 0 Å². The molecule has 2 aromatic heterocycles. The molecule has 0 amide bonds. The Balaban J connectivity index is 1.71. The first-order chi connectivity index (χ1) is 13.9. The fraction of sp³-hybridized carbons (Fsp3) is 0.130. The number of carboxylic acids is 1. The summed E-state index contributed by atoms with van der Waals surface area (Å²) in [5, 5.41) is 11.7. The van der Waals surface area contributed by atoms with Gasteiger partial charge >= 0.3 is 5.63 Å². The van der Waals surface area contributed by atoms with Crippen LogP contribution in [0.25, 0.3) is 22.1 Å². The first-order valence-electron chi connectivity index (χ1n) is 9.00. The van der Waals surface area contributed by atoms with Crippen LogP contribution >= 0.6 is 0 Å². The van der Waals surface area contributed by atoms with Crippen LogP contribution in [0.4, 0.5) is 0 Å². The average molecular weight is 389 g/mol. The Hall–Kier alpha value is -3.80. The van der Waals surface area contributed by atoms with Crippen molar-refractivity contribution in [1.29, 1.82) is 0 Å². The average Bonchev–Trinajstić information content (AvgIpc) is 3.09. The molecule has 0 aliphatic rings. The van der Waals surface area contributed by atoms with Gasteiger partial charge in [-0.1, -0.05) is 30.3 Å². The SMILES string of the molecule is Cc1oc(C(=O)[O-])cc1COc1ccc2c(-c3ccccc3)cc(=O)oc2c1C. The van der Waals surface area contributed by atoms with Crippen LogP contribution in [-0.4, -0.2) is 5.97 Å². The normalized spacial score (nSPS) is 11.0. The summed E-state index contributed by atoms with van der Waals surface area (Å²) in [7, 11) is 0. The standard InChI is InChI=1S/C23H18O6/c1-13-19(27-12-16-10-20(23(25)26)28-14(16)2)9-8-17-18(11-21(24)29-22(13)17)15-6-4-3-5-7-15/h3-11H,12H2,1-2H3,(H,25,26)/p-1. The zero-order valence-electron chi connectivity index (χ0n) is 15.9. The molecule has 0 saturated carbocycles. The van der Waals surface area contributed by atoms with Crippen LogP contribution in [0.5, 0.6) is 5.75 Å². The number of rotatable bonds is 5. The van der Waals surface area contributed by atoms with Gasteiger partial charge in [0.25, 0.3) is 0 Å². The molecule has 146 valence electrons. The molecule has 0 fully saturated rings. The minimum Gasteiger partial charge on any atom is -0.542 e. The second-order valence-electron chi connectivity index (χ2n) is 6.68. The lowest BCUT2D eigenvalue weighted by molar-refractivity contribution is -0.257. The van der Waals surface area contributed by atoms with Gasteiger partial charge in [-0.15, -0.1) is 0 Å². The molecule has 29 heavy (non-hydrogen) atoms. The fourth-order valence-electron chi connectivity index (χ4n) is 3.28. The number of fused-ring (bicyclic) bond motifs is 1. The van der Waals surface area contributed by atoms with E-state index in [0.717, 1.165) is 16.5 Å². The highest BCUT2D eigenvalue weighted by atomic mass is 16.5. The van der Waals surface area contributed by atoms with Crippen LogP contribution in [0.2, 0.25) is 0 Å². The van der Waals surface area contributed by atoms with Crippen molar-refractivity contribution in [1.82, 2.24) is 0 Å². The predicted molar refractivity (Wildman–Crippen MR) is 105 cm³/mol. The molecule has 0 saturated heterocycles. The summed E-state index contributed by atoms with van der Waals surface area (Å²) in [4.78, 5) is 23.1. The molecule has 6 nitrogen and oxygen atoms in total. The van der Waals surface area contributed by atoms with Crippen molar-refractivity contribution in [3.8, 4) is 16.9 Å². The zero-order valence-corrected chi connectivity index (χ0v) is 15.9. The molecule has 4 aromatic rings. The van der Waals surface area contributed by atoms with Gasteiger partial charge < -0.3 is 23.5 Å². The number of benzene rings is 2. The van der Waals surface area contributed by atoms with Gasteiger partial charge in [-0.3, -0.25) is 0 Å². The number of furan rings is 1. The summed E-state index contributed by atoms with van der Waals surface area (Å²) in [6.07, 6.45) is 0. The van der Waals surface area contributed by atoms with E-state index < -0.39 is 11.6 Å². The highest BCUT2D eigenvalue weighted by Crippen LogP contribution is 2.33. The predicted octanol–water partition coefficient (Wildman–Crippen LogP) is 3.61. The number of carbonyl (C=O) groups excluding carboxylic acids is 1. The highest BCUT2D eigenvalue weighted by Gasteiger charge is 2.14. The van der Waals surface area contributed by atoms with E-state index in [-0.39, 0.29) is 12.4 Å². The van der Waals surface area contributed by atoms with Crippen LogP contribution < -0.4 is 15.5 Å². The third-order valence-corrected chi connectivity index (χ3v) is 4.80. The van der Waals surface area contributed by atoms with Crippen molar-refractivity contribution in [2.45, 2.75) is 20.5 Å². The van der Waals surface area contributed by atoms with Gasteiger partial charge in [0, 0.05) is 22.6 Å². The molecular weight excluding hydrogens is 372 g/mol. The Kier molecular flexibility index (Phi) is 4.68. The molecular formula is C23H17O6-. The summed E-state index contributed by atoms with van der Waals surface area (Å²) >= 11 is 0. The Morgan fingerprint density at radius 3 is 2.48 bits per heavy atom. The number of aryl methyl sites for hydroxylation is 2.